The first kappa shape index (κ1) is 9.35. The summed E-state index contributed by atoms with van der Waals surface area (Å²) in [6.45, 7) is 0.0854. The smallest absolute Gasteiger partial charge is 0.234 e. The van der Waals surface area contributed by atoms with Crippen molar-refractivity contribution in [1.82, 2.24) is 0 Å². The quantitative estimate of drug-likeness (QED) is 0.689. The van der Waals surface area contributed by atoms with Gasteiger partial charge in [-0.1, -0.05) is 6.08 Å². The summed E-state index contributed by atoms with van der Waals surface area (Å²) in [5, 5.41) is 0. The molecule has 0 saturated carbocycles. The van der Waals surface area contributed by atoms with E-state index in [-0.39, 0.29) is 13.0 Å². The van der Waals surface area contributed by atoms with Crippen LogP contribution in [0.5, 0.6) is 0 Å². The number of hydrogen-bond acceptors (Lipinski definition) is 2. The Hall–Kier alpha value is -0.740. The van der Waals surface area contributed by atoms with Gasteiger partial charge >= 0.3 is 0 Å². The van der Waals surface area contributed by atoms with Crippen LogP contribution in [-0.4, -0.2) is 19.5 Å². The first-order chi connectivity index (χ1) is 5.61. The first-order valence-electron chi connectivity index (χ1n) is 3.62. The van der Waals surface area contributed by atoms with E-state index in [1.165, 1.54) is 19.3 Å². The van der Waals surface area contributed by atoms with Crippen molar-refractivity contribution >= 4 is 0 Å². The summed E-state index contributed by atoms with van der Waals surface area (Å²) in [4.78, 5) is 0. The van der Waals surface area contributed by atoms with Gasteiger partial charge in [0.1, 0.15) is 5.83 Å². The fourth-order valence-electron chi connectivity index (χ4n) is 1.02. The summed E-state index contributed by atoms with van der Waals surface area (Å²) in [5.41, 5.74) is 5.54. The lowest BCUT2D eigenvalue weighted by molar-refractivity contribution is -0.0823. The normalized spacial score (nSPS) is 29.7. The number of rotatable bonds is 2. The third-order valence-corrected chi connectivity index (χ3v) is 1.84. The fraction of sp³-hybridized carbons (Fsp3) is 0.500. The molecule has 1 aliphatic carbocycles. The number of methoxy groups -OCH3 is 1. The second-order valence-electron chi connectivity index (χ2n) is 2.63. The van der Waals surface area contributed by atoms with Crippen LogP contribution in [0.15, 0.2) is 23.6 Å². The van der Waals surface area contributed by atoms with Gasteiger partial charge in [0, 0.05) is 13.7 Å². The van der Waals surface area contributed by atoms with E-state index in [2.05, 4.69) is 4.74 Å². The molecule has 2 N–H and O–H groups in total. The molecule has 0 amide bonds. The van der Waals surface area contributed by atoms with Gasteiger partial charge in [0.05, 0.1) is 6.42 Å². The van der Waals surface area contributed by atoms with Gasteiger partial charge in [-0.2, -0.15) is 0 Å². The SMILES string of the molecule is COC1(F)C=CC(CN)=C(F)C1. The highest BCUT2D eigenvalue weighted by molar-refractivity contribution is 5.30. The average molecular weight is 175 g/mol. The van der Waals surface area contributed by atoms with E-state index >= 15 is 0 Å². The van der Waals surface area contributed by atoms with Crippen LogP contribution in [0.2, 0.25) is 0 Å². The first-order valence-corrected chi connectivity index (χ1v) is 3.62. The van der Waals surface area contributed by atoms with Crippen LogP contribution in [0.1, 0.15) is 6.42 Å². The molecule has 0 heterocycles. The number of ether oxygens (including phenoxy) is 1. The second-order valence-corrected chi connectivity index (χ2v) is 2.63. The van der Waals surface area contributed by atoms with Crippen LogP contribution in [0.3, 0.4) is 0 Å². The highest BCUT2D eigenvalue weighted by Crippen LogP contribution is 2.31. The molecule has 1 rings (SSSR count). The minimum absolute atomic E-state index is 0.0854. The summed E-state index contributed by atoms with van der Waals surface area (Å²) >= 11 is 0. The summed E-state index contributed by atoms with van der Waals surface area (Å²) in [5.74, 6) is -2.53. The van der Waals surface area contributed by atoms with Crippen LogP contribution in [0.4, 0.5) is 8.78 Å². The predicted molar refractivity (Wildman–Crippen MR) is 41.8 cm³/mol. The molecular weight excluding hydrogens is 164 g/mol. The van der Waals surface area contributed by atoms with E-state index in [9.17, 15) is 8.78 Å². The third kappa shape index (κ3) is 1.70. The van der Waals surface area contributed by atoms with Crippen molar-refractivity contribution in [3.63, 3.8) is 0 Å². The Bertz CT molecular complexity index is 237. The maximum atomic E-state index is 13.2. The van der Waals surface area contributed by atoms with Crippen molar-refractivity contribution in [1.29, 1.82) is 0 Å². The van der Waals surface area contributed by atoms with E-state index in [0.29, 0.717) is 5.57 Å². The lowest BCUT2D eigenvalue weighted by Crippen LogP contribution is -2.26. The van der Waals surface area contributed by atoms with Gasteiger partial charge in [0.25, 0.3) is 0 Å². The van der Waals surface area contributed by atoms with Gasteiger partial charge in [0.2, 0.25) is 5.85 Å². The lowest BCUT2D eigenvalue weighted by Gasteiger charge is -2.22. The zero-order valence-electron chi connectivity index (χ0n) is 6.81. The Morgan fingerprint density at radius 2 is 2.42 bits per heavy atom. The lowest BCUT2D eigenvalue weighted by atomic mass is 10.0. The zero-order chi connectivity index (χ0) is 9.19. The van der Waals surface area contributed by atoms with Gasteiger partial charge in [-0.05, 0) is 11.6 Å². The van der Waals surface area contributed by atoms with Crippen molar-refractivity contribution < 1.29 is 13.5 Å². The van der Waals surface area contributed by atoms with E-state index < -0.39 is 11.7 Å². The Labute approximate surface area is 69.7 Å². The molecule has 0 spiro atoms. The number of hydrogen-bond donors (Lipinski definition) is 1. The summed E-state index contributed by atoms with van der Waals surface area (Å²) in [6.07, 6.45) is 2.12. The van der Waals surface area contributed by atoms with Gasteiger partial charge in [-0.15, -0.1) is 0 Å². The molecular formula is C8H11F2NO. The standard InChI is InChI=1S/C8H11F2NO/c1-12-8(10)3-2-6(5-11)7(9)4-8/h2-3H,4-5,11H2,1H3. The Morgan fingerprint density at radius 1 is 1.75 bits per heavy atom. The molecule has 0 aromatic heterocycles. The van der Waals surface area contributed by atoms with E-state index in [4.69, 9.17) is 5.73 Å². The van der Waals surface area contributed by atoms with Crippen molar-refractivity contribution in [2.24, 2.45) is 5.73 Å². The second kappa shape index (κ2) is 3.33. The van der Waals surface area contributed by atoms with E-state index in [1.807, 2.05) is 0 Å². The highest BCUT2D eigenvalue weighted by Gasteiger charge is 2.31. The van der Waals surface area contributed by atoms with Crippen LogP contribution in [0.25, 0.3) is 0 Å². The Balaban J connectivity index is 2.81. The molecule has 0 saturated heterocycles. The molecule has 4 heteroatoms. The van der Waals surface area contributed by atoms with Gasteiger partial charge < -0.3 is 10.5 Å². The summed E-state index contributed by atoms with van der Waals surface area (Å²) in [7, 11) is 1.20. The topological polar surface area (TPSA) is 35.2 Å². The van der Waals surface area contributed by atoms with Crippen molar-refractivity contribution in [3.05, 3.63) is 23.6 Å². The fourth-order valence-corrected chi connectivity index (χ4v) is 1.02. The maximum Gasteiger partial charge on any atom is 0.234 e. The molecule has 0 fully saturated rings. The highest BCUT2D eigenvalue weighted by atomic mass is 19.2. The number of alkyl halides is 1. The van der Waals surface area contributed by atoms with Gasteiger partial charge in [-0.25, -0.2) is 8.78 Å². The van der Waals surface area contributed by atoms with Crippen LogP contribution >= 0.6 is 0 Å². The van der Waals surface area contributed by atoms with Crippen LogP contribution in [0, 0.1) is 0 Å². The van der Waals surface area contributed by atoms with Gasteiger partial charge in [0.15, 0.2) is 0 Å². The van der Waals surface area contributed by atoms with Crippen LogP contribution in [-0.2, 0) is 4.74 Å². The predicted octanol–water partition coefficient (Wildman–Crippen LogP) is 1.44. The molecule has 12 heavy (non-hydrogen) atoms. The maximum absolute atomic E-state index is 13.2. The number of nitrogens with two attached hydrogens (primary N) is 1. The summed E-state index contributed by atoms with van der Waals surface area (Å²) < 4.78 is 30.7. The van der Waals surface area contributed by atoms with Gasteiger partial charge in [-0.3, -0.25) is 0 Å². The monoisotopic (exact) mass is 175 g/mol. The number of halogens is 2. The molecule has 1 atom stereocenters. The Morgan fingerprint density at radius 3 is 2.83 bits per heavy atom. The molecule has 2 nitrogen and oxygen atoms in total. The van der Waals surface area contributed by atoms with E-state index in [1.54, 1.807) is 0 Å². The molecule has 0 aliphatic heterocycles. The van der Waals surface area contributed by atoms with Crippen LogP contribution < -0.4 is 5.73 Å². The van der Waals surface area contributed by atoms with E-state index in [0.717, 1.165) is 0 Å². The summed E-state index contributed by atoms with van der Waals surface area (Å²) in [6, 6.07) is 0. The molecule has 0 aromatic carbocycles. The van der Waals surface area contributed by atoms with Crippen molar-refractivity contribution in [2.45, 2.75) is 12.3 Å². The molecule has 0 bridgehead atoms. The third-order valence-electron chi connectivity index (χ3n) is 1.84. The molecule has 1 unspecified atom stereocenters. The molecule has 0 radical (unpaired) electrons. The average Bonchev–Trinajstić information content (AvgIpc) is 2.05. The zero-order valence-corrected chi connectivity index (χ0v) is 6.81. The van der Waals surface area contributed by atoms with Crippen molar-refractivity contribution in [2.75, 3.05) is 13.7 Å². The molecule has 0 aromatic rings. The Kier molecular flexibility index (Phi) is 2.59. The molecule has 1 aliphatic rings. The minimum atomic E-state index is -2.00. The molecule has 68 valence electrons. The van der Waals surface area contributed by atoms with Crippen molar-refractivity contribution in [3.8, 4) is 0 Å². The largest absolute Gasteiger partial charge is 0.346 e. The minimum Gasteiger partial charge on any atom is -0.346 e.